The zero-order chi connectivity index (χ0) is 35.4. The lowest BCUT2D eigenvalue weighted by Crippen LogP contribution is -2.30. The predicted molar refractivity (Wildman–Crippen MR) is 205 cm³/mol. The van der Waals surface area contributed by atoms with Crippen LogP contribution in [0.4, 0.5) is 11.4 Å². The van der Waals surface area contributed by atoms with Crippen LogP contribution >= 0.6 is 23.4 Å². The number of thioether (sulfide) groups is 1. The third-order valence-corrected chi connectivity index (χ3v) is 9.11. The van der Waals surface area contributed by atoms with Gasteiger partial charge in [0.15, 0.2) is 0 Å². The second-order valence-electron chi connectivity index (χ2n) is 11.2. The molecule has 0 saturated heterocycles. The number of hydrogen-bond donors (Lipinski definition) is 3. The van der Waals surface area contributed by atoms with Crippen molar-refractivity contribution in [2.45, 2.75) is 10.1 Å². The molecule has 6 aromatic rings. The van der Waals surface area contributed by atoms with Gasteiger partial charge < -0.3 is 20.7 Å². The molecule has 9 heteroatoms. The van der Waals surface area contributed by atoms with Crippen molar-refractivity contribution in [2.24, 2.45) is 0 Å². The van der Waals surface area contributed by atoms with Crippen molar-refractivity contribution in [3.05, 3.63) is 191 Å². The van der Waals surface area contributed by atoms with E-state index >= 15 is 0 Å². The molecule has 1 unspecified atom stereocenters. The van der Waals surface area contributed by atoms with Crippen molar-refractivity contribution in [2.75, 3.05) is 10.6 Å². The Morgan fingerprint density at radius 1 is 0.627 bits per heavy atom. The molecular weight excluding hydrogens is 678 g/mol. The SMILES string of the molecule is O=C(Nc1cccc(SC(C(=O)Nc2ccc(Oc3ccccc3)cc2)c2ccccc2)c1)/C(=C\c1ccccc1Cl)NC(=O)c1ccccc1. The molecule has 0 bridgehead atoms. The first kappa shape index (κ1) is 34.8. The fraction of sp³-hybridized carbons (Fsp3) is 0.0238. The molecule has 252 valence electrons. The van der Waals surface area contributed by atoms with Crippen molar-refractivity contribution >= 4 is 58.5 Å². The topological polar surface area (TPSA) is 96.5 Å². The van der Waals surface area contributed by atoms with Gasteiger partial charge in [0, 0.05) is 26.9 Å². The van der Waals surface area contributed by atoms with Gasteiger partial charge in [-0.25, -0.2) is 0 Å². The van der Waals surface area contributed by atoms with Crippen LogP contribution in [0.2, 0.25) is 5.02 Å². The molecule has 0 aromatic heterocycles. The average molecular weight is 710 g/mol. The molecule has 51 heavy (non-hydrogen) atoms. The summed E-state index contributed by atoms with van der Waals surface area (Å²) < 4.78 is 5.88. The number of halogens is 1. The number of nitrogens with one attached hydrogen (secondary N) is 3. The zero-order valence-electron chi connectivity index (χ0n) is 27.2. The average Bonchev–Trinajstić information content (AvgIpc) is 3.16. The van der Waals surface area contributed by atoms with Crippen molar-refractivity contribution in [1.82, 2.24) is 5.32 Å². The predicted octanol–water partition coefficient (Wildman–Crippen LogP) is 10.0. The molecule has 3 amide bonds. The highest BCUT2D eigenvalue weighted by Crippen LogP contribution is 2.37. The molecule has 0 aliphatic rings. The van der Waals surface area contributed by atoms with E-state index in [-0.39, 0.29) is 11.6 Å². The van der Waals surface area contributed by atoms with Crippen LogP contribution in [0.5, 0.6) is 11.5 Å². The second-order valence-corrected chi connectivity index (χ2v) is 12.8. The fourth-order valence-electron chi connectivity index (χ4n) is 5.01. The van der Waals surface area contributed by atoms with E-state index in [0.717, 1.165) is 16.2 Å². The van der Waals surface area contributed by atoms with E-state index < -0.39 is 17.1 Å². The van der Waals surface area contributed by atoms with E-state index in [1.165, 1.54) is 17.8 Å². The molecule has 0 fully saturated rings. The Balaban J connectivity index is 1.19. The van der Waals surface area contributed by atoms with Gasteiger partial charge in [0.2, 0.25) is 5.91 Å². The normalized spacial score (nSPS) is 11.6. The van der Waals surface area contributed by atoms with Gasteiger partial charge in [0.05, 0.1) is 0 Å². The highest BCUT2D eigenvalue weighted by atomic mass is 35.5. The number of ether oxygens (including phenoxy) is 1. The van der Waals surface area contributed by atoms with Gasteiger partial charge in [0.25, 0.3) is 11.8 Å². The Morgan fingerprint density at radius 3 is 1.96 bits per heavy atom. The van der Waals surface area contributed by atoms with Crippen LogP contribution in [-0.4, -0.2) is 17.7 Å². The Morgan fingerprint density at radius 2 is 1.25 bits per heavy atom. The fourth-order valence-corrected chi connectivity index (χ4v) is 6.29. The van der Waals surface area contributed by atoms with Gasteiger partial charge >= 0.3 is 0 Å². The van der Waals surface area contributed by atoms with Gasteiger partial charge in [-0.05, 0) is 90.0 Å². The monoisotopic (exact) mass is 709 g/mol. The molecule has 6 rings (SSSR count). The lowest BCUT2D eigenvalue weighted by Gasteiger charge is -2.18. The van der Waals surface area contributed by atoms with Gasteiger partial charge in [-0.3, -0.25) is 14.4 Å². The number of carbonyl (C=O) groups is 3. The largest absolute Gasteiger partial charge is 0.457 e. The summed E-state index contributed by atoms with van der Waals surface area (Å²) in [6, 6.07) is 49.0. The highest BCUT2D eigenvalue weighted by molar-refractivity contribution is 8.00. The van der Waals surface area contributed by atoms with Crippen LogP contribution in [-0.2, 0) is 9.59 Å². The molecule has 3 N–H and O–H groups in total. The Kier molecular flexibility index (Phi) is 11.6. The molecule has 6 aromatic carbocycles. The van der Waals surface area contributed by atoms with Crippen LogP contribution in [0.3, 0.4) is 0 Å². The van der Waals surface area contributed by atoms with Crippen LogP contribution < -0.4 is 20.7 Å². The molecule has 0 spiro atoms. The molecule has 0 aliphatic heterocycles. The number of amides is 3. The summed E-state index contributed by atoms with van der Waals surface area (Å²) in [6.45, 7) is 0. The molecule has 0 aliphatic carbocycles. The van der Waals surface area contributed by atoms with Gasteiger partial charge in [-0.15, -0.1) is 11.8 Å². The van der Waals surface area contributed by atoms with E-state index in [2.05, 4.69) is 16.0 Å². The first-order chi connectivity index (χ1) is 24.9. The summed E-state index contributed by atoms with van der Waals surface area (Å²) in [5, 5.41) is 8.47. The summed E-state index contributed by atoms with van der Waals surface area (Å²) in [5.74, 6) is 0.169. The number of benzene rings is 6. The summed E-state index contributed by atoms with van der Waals surface area (Å²) >= 11 is 7.74. The van der Waals surface area contributed by atoms with E-state index in [1.54, 1.807) is 97.1 Å². The lowest BCUT2D eigenvalue weighted by atomic mass is 10.1. The smallest absolute Gasteiger partial charge is 0.272 e. The Labute approximate surface area is 305 Å². The minimum atomic E-state index is -0.613. The van der Waals surface area contributed by atoms with Crippen LogP contribution in [0.15, 0.2) is 174 Å². The van der Waals surface area contributed by atoms with Crippen molar-refractivity contribution < 1.29 is 19.1 Å². The quantitative estimate of drug-likeness (QED) is 0.0868. The van der Waals surface area contributed by atoms with E-state index in [4.69, 9.17) is 16.3 Å². The Hall–Kier alpha value is -6.09. The molecule has 0 heterocycles. The van der Waals surface area contributed by atoms with Crippen LogP contribution in [0, 0.1) is 0 Å². The van der Waals surface area contributed by atoms with Gasteiger partial charge in [0.1, 0.15) is 22.4 Å². The molecule has 0 radical (unpaired) electrons. The summed E-state index contributed by atoms with van der Waals surface area (Å²) in [5.41, 5.74) is 2.89. The third kappa shape index (κ3) is 9.76. The first-order valence-electron chi connectivity index (χ1n) is 16.0. The highest BCUT2D eigenvalue weighted by Gasteiger charge is 2.23. The van der Waals surface area contributed by atoms with Gasteiger partial charge in [-0.1, -0.05) is 103 Å². The summed E-state index contributed by atoms with van der Waals surface area (Å²) in [7, 11) is 0. The first-order valence-corrected chi connectivity index (χ1v) is 17.3. The van der Waals surface area contributed by atoms with Crippen molar-refractivity contribution in [3.63, 3.8) is 0 Å². The number of anilines is 2. The summed E-state index contributed by atoms with van der Waals surface area (Å²) in [4.78, 5) is 41.3. The van der Waals surface area contributed by atoms with Crippen LogP contribution in [0.1, 0.15) is 26.7 Å². The second kappa shape index (κ2) is 17.0. The lowest BCUT2D eigenvalue weighted by molar-refractivity contribution is -0.116. The molecule has 7 nitrogen and oxygen atoms in total. The van der Waals surface area contributed by atoms with Gasteiger partial charge in [-0.2, -0.15) is 0 Å². The maximum atomic E-state index is 13.8. The van der Waals surface area contributed by atoms with Crippen molar-refractivity contribution in [3.8, 4) is 11.5 Å². The molecule has 1 atom stereocenters. The number of para-hydroxylation sites is 1. The van der Waals surface area contributed by atoms with E-state index in [1.807, 2.05) is 66.7 Å². The maximum Gasteiger partial charge on any atom is 0.272 e. The number of hydrogen-bond acceptors (Lipinski definition) is 5. The van der Waals surface area contributed by atoms with Crippen molar-refractivity contribution in [1.29, 1.82) is 0 Å². The number of rotatable bonds is 12. The molecular formula is C42H32ClN3O4S. The Bertz CT molecular complexity index is 2140. The molecule has 0 saturated carbocycles. The standard InChI is InChI=1S/C42H32ClN3O4S/c43-37-22-11-10-17-31(37)27-38(46-40(47)30-15-6-2-7-16-30)41(48)45-33-18-12-21-36(28-33)51-39(29-13-4-1-5-14-29)42(49)44-32-23-25-35(26-24-32)50-34-19-8-3-9-20-34/h1-28,39H,(H,44,49)(H,45,48)(H,46,47)/b38-27+. The minimum absolute atomic E-state index is 0.0109. The zero-order valence-corrected chi connectivity index (χ0v) is 28.7. The third-order valence-electron chi connectivity index (χ3n) is 7.52. The minimum Gasteiger partial charge on any atom is -0.457 e. The summed E-state index contributed by atoms with van der Waals surface area (Å²) in [6.07, 6.45) is 1.53. The number of carbonyl (C=O) groups excluding carboxylic acids is 3. The van der Waals surface area contributed by atoms with E-state index in [0.29, 0.717) is 33.3 Å². The maximum absolute atomic E-state index is 13.8. The van der Waals surface area contributed by atoms with E-state index in [9.17, 15) is 14.4 Å². The van der Waals surface area contributed by atoms with Crippen LogP contribution in [0.25, 0.3) is 6.08 Å².